The average Bonchev–Trinajstić information content (AvgIpc) is 2.66. The van der Waals surface area contributed by atoms with Gasteiger partial charge in [0.15, 0.2) is 5.76 Å². The number of carbonyl (C=O) groups excluding carboxylic acids is 1. The molecule has 6 nitrogen and oxygen atoms in total. The summed E-state index contributed by atoms with van der Waals surface area (Å²) >= 11 is 0. The van der Waals surface area contributed by atoms with Crippen molar-refractivity contribution in [2.45, 2.75) is 44.6 Å². The number of ether oxygens (including phenoxy) is 1. The van der Waals surface area contributed by atoms with Gasteiger partial charge >= 0.3 is 0 Å². The van der Waals surface area contributed by atoms with Gasteiger partial charge in [-0.05, 0) is 32.3 Å². The van der Waals surface area contributed by atoms with E-state index in [2.05, 4.69) is 5.32 Å². The minimum Gasteiger partial charge on any atom is -0.502 e. The van der Waals surface area contributed by atoms with Crippen LogP contribution in [0.2, 0.25) is 0 Å². The van der Waals surface area contributed by atoms with Crippen molar-refractivity contribution >= 4 is 5.91 Å². The predicted octanol–water partition coefficient (Wildman–Crippen LogP) is 2.97. The lowest BCUT2D eigenvalue weighted by Crippen LogP contribution is -2.40. The zero-order chi connectivity index (χ0) is 19.4. The van der Waals surface area contributed by atoms with Crippen LogP contribution in [0.15, 0.2) is 45.6 Å². The molecule has 2 aromatic rings. The molecule has 1 saturated heterocycles. The maximum Gasteiger partial charge on any atom is 0.227 e. The molecule has 6 heteroatoms. The van der Waals surface area contributed by atoms with Crippen LogP contribution in [0, 0.1) is 6.92 Å². The SMILES string of the molecule is Cc1cc(=O)c(O)c(C2(CC(=O)NC(C)c3ccccc3)CCOCC2)o1. The number of benzene rings is 1. The molecule has 1 fully saturated rings. The summed E-state index contributed by atoms with van der Waals surface area (Å²) in [7, 11) is 0. The van der Waals surface area contributed by atoms with Crippen LogP contribution in [0.25, 0.3) is 0 Å². The van der Waals surface area contributed by atoms with Gasteiger partial charge in [0.25, 0.3) is 0 Å². The van der Waals surface area contributed by atoms with Crippen molar-refractivity contribution in [3.05, 3.63) is 63.7 Å². The number of nitrogens with one attached hydrogen (secondary N) is 1. The van der Waals surface area contributed by atoms with Crippen molar-refractivity contribution < 1.29 is 19.1 Å². The number of hydrogen-bond acceptors (Lipinski definition) is 5. The van der Waals surface area contributed by atoms with Crippen LogP contribution in [-0.4, -0.2) is 24.2 Å². The highest BCUT2D eigenvalue weighted by Gasteiger charge is 2.42. The van der Waals surface area contributed by atoms with Crippen molar-refractivity contribution in [2.75, 3.05) is 13.2 Å². The molecular weight excluding hydrogens is 346 g/mol. The minimum atomic E-state index is -0.756. The third-order valence-corrected chi connectivity index (χ3v) is 5.15. The van der Waals surface area contributed by atoms with E-state index in [1.165, 1.54) is 6.07 Å². The number of aryl methyl sites for hydroxylation is 1. The molecule has 3 rings (SSSR count). The molecule has 27 heavy (non-hydrogen) atoms. The third kappa shape index (κ3) is 4.22. The molecule has 0 aliphatic carbocycles. The van der Waals surface area contributed by atoms with E-state index >= 15 is 0 Å². The summed E-state index contributed by atoms with van der Waals surface area (Å²) in [5.41, 5.74) is -0.233. The zero-order valence-corrected chi connectivity index (χ0v) is 15.7. The molecule has 1 aliphatic heterocycles. The Morgan fingerprint density at radius 2 is 1.93 bits per heavy atom. The Bertz CT molecular complexity index is 853. The van der Waals surface area contributed by atoms with Gasteiger partial charge in [-0.25, -0.2) is 0 Å². The summed E-state index contributed by atoms with van der Waals surface area (Å²) in [5, 5.41) is 13.3. The molecule has 2 N–H and O–H groups in total. The van der Waals surface area contributed by atoms with E-state index in [1.54, 1.807) is 6.92 Å². The van der Waals surface area contributed by atoms with Gasteiger partial charge in [0.1, 0.15) is 5.76 Å². The van der Waals surface area contributed by atoms with Crippen LogP contribution in [0.5, 0.6) is 5.75 Å². The normalized spacial score (nSPS) is 17.3. The Morgan fingerprint density at radius 1 is 1.26 bits per heavy atom. The lowest BCUT2D eigenvalue weighted by Gasteiger charge is -2.36. The standard InChI is InChI=1S/C21H25NO5/c1-14-12-17(23)19(25)20(27-14)21(8-10-26-11-9-21)13-18(24)22-15(2)16-6-4-3-5-7-16/h3-7,12,15,25H,8-11,13H2,1-2H3,(H,22,24). The fraction of sp³-hybridized carbons (Fsp3) is 0.429. The molecule has 1 aromatic carbocycles. The van der Waals surface area contributed by atoms with E-state index in [1.807, 2.05) is 37.3 Å². The van der Waals surface area contributed by atoms with E-state index in [0.717, 1.165) is 5.56 Å². The Labute approximate surface area is 158 Å². The Hall–Kier alpha value is -2.60. The summed E-state index contributed by atoms with van der Waals surface area (Å²) in [6.45, 7) is 4.47. The number of hydrogen-bond donors (Lipinski definition) is 2. The number of amides is 1. The second-order valence-corrected chi connectivity index (χ2v) is 7.17. The van der Waals surface area contributed by atoms with Crippen LogP contribution in [0.4, 0.5) is 0 Å². The first-order chi connectivity index (χ1) is 12.9. The fourth-order valence-corrected chi connectivity index (χ4v) is 3.63. The van der Waals surface area contributed by atoms with Crippen LogP contribution in [-0.2, 0) is 14.9 Å². The van der Waals surface area contributed by atoms with Crippen LogP contribution < -0.4 is 10.7 Å². The molecule has 1 unspecified atom stereocenters. The van der Waals surface area contributed by atoms with E-state index in [9.17, 15) is 14.7 Å². The van der Waals surface area contributed by atoms with Crippen molar-refractivity contribution in [1.29, 1.82) is 0 Å². The number of aromatic hydroxyl groups is 1. The monoisotopic (exact) mass is 371 g/mol. The molecule has 0 saturated carbocycles. The Morgan fingerprint density at radius 3 is 2.59 bits per heavy atom. The first kappa shape index (κ1) is 19.2. The van der Waals surface area contributed by atoms with Crippen molar-refractivity contribution in [1.82, 2.24) is 5.32 Å². The number of carbonyl (C=O) groups is 1. The summed E-state index contributed by atoms with van der Waals surface area (Å²) in [6.07, 6.45) is 1.12. The van der Waals surface area contributed by atoms with E-state index in [0.29, 0.717) is 31.8 Å². The van der Waals surface area contributed by atoms with Gasteiger partial charge in [-0.1, -0.05) is 30.3 Å². The molecule has 0 bridgehead atoms. The number of rotatable bonds is 5. The Balaban J connectivity index is 1.85. The smallest absolute Gasteiger partial charge is 0.227 e. The highest BCUT2D eigenvalue weighted by Crippen LogP contribution is 2.41. The third-order valence-electron chi connectivity index (χ3n) is 5.15. The van der Waals surface area contributed by atoms with Crippen LogP contribution in [0.1, 0.15) is 49.3 Å². The van der Waals surface area contributed by atoms with Crippen molar-refractivity contribution in [3.8, 4) is 5.75 Å². The summed E-state index contributed by atoms with van der Waals surface area (Å²) in [4.78, 5) is 24.9. The maximum atomic E-state index is 12.8. The molecule has 1 aliphatic rings. The van der Waals surface area contributed by atoms with Gasteiger partial charge in [0.2, 0.25) is 17.1 Å². The molecule has 0 spiro atoms. The first-order valence-electron chi connectivity index (χ1n) is 9.17. The molecule has 2 heterocycles. The fourth-order valence-electron chi connectivity index (χ4n) is 3.63. The van der Waals surface area contributed by atoms with Gasteiger partial charge in [0.05, 0.1) is 6.04 Å². The molecule has 1 aromatic heterocycles. The van der Waals surface area contributed by atoms with Gasteiger partial charge in [0, 0.05) is 31.1 Å². The van der Waals surface area contributed by atoms with Crippen molar-refractivity contribution in [3.63, 3.8) is 0 Å². The van der Waals surface area contributed by atoms with Gasteiger partial charge in [-0.3, -0.25) is 9.59 Å². The second-order valence-electron chi connectivity index (χ2n) is 7.17. The predicted molar refractivity (Wildman–Crippen MR) is 101 cm³/mol. The van der Waals surface area contributed by atoms with E-state index in [4.69, 9.17) is 9.15 Å². The first-order valence-corrected chi connectivity index (χ1v) is 9.17. The highest BCUT2D eigenvalue weighted by molar-refractivity contribution is 5.78. The van der Waals surface area contributed by atoms with Gasteiger partial charge < -0.3 is 19.6 Å². The van der Waals surface area contributed by atoms with Gasteiger partial charge in [-0.15, -0.1) is 0 Å². The largest absolute Gasteiger partial charge is 0.502 e. The van der Waals surface area contributed by atoms with E-state index < -0.39 is 16.6 Å². The van der Waals surface area contributed by atoms with E-state index in [-0.39, 0.29) is 24.1 Å². The molecule has 144 valence electrons. The topological polar surface area (TPSA) is 88.8 Å². The van der Waals surface area contributed by atoms with Crippen molar-refractivity contribution in [2.24, 2.45) is 0 Å². The highest BCUT2D eigenvalue weighted by atomic mass is 16.5. The quantitative estimate of drug-likeness (QED) is 0.843. The Kier molecular flexibility index (Phi) is 5.65. The minimum absolute atomic E-state index is 0.119. The zero-order valence-electron chi connectivity index (χ0n) is 15.7. The summed E-state index contributed by atoms with van der Waals surface area (Å²) < 4.78 is 11.2. The lowest BCUT2D eigenvalue weighted by atomic mass is 9.74. The second kappa shape index (κ2) is 7.96. The summed E-state index contributed by atoms with van der Waals surface area (Å²) in [5.74, 6) is 0.0401. The molecule has 0 radical (unpaired) electrons. The van der Waals surface area contributed by atoms with Crippen LogP contribution in [0.3, 0.4) is 0 Å². The maximum absolute atomic E-state index is 12.8. The molecular formula is C21H25NO5. The lowest BCUT2D eigenvalue weighted by molar-refractivity contribution is -0.124. The van der Waals surface area contributed by atoms with Gasteiger partial charge in [-0.2, -0.15) is 0 Å². The van der Waals surface area contributed by atoms with Crippen LogP contribution >= 0.6 is 0 Å². The summed E-state index contributed by atoms with van der Waals surface area (Å²) in [6, 6.07) is 10.8. The molecule has 1 amide bonds. The average molecular weight is 371 g/mol. The molecule has 1 atom stereocenters.